The fraction of sp³-hybridized carbons (Fsp3) is 0.100. The van der Waals surface area contributed by atoms with Gasteiger partial charge in [0.05, 0.1) is 5.39 Å². The van der Waals surface area contributed by atoms with Crippen molar-refractivity contribution < 1.29 is 14.3 Å². The van der Waals surface area contributed by atoms with Gasteiger partial charge in [0.1, 0.15) is 17.4 Å². The molecule has 2 heterocycles. The van der Waals surface area contributed by atoms with Gasteiger partial charge in [-0.25, -0.2) is 0 Å². The second kappa shape index (κ2) is 9.67. The average Bonchev–Trinajstić information content (AvgIpc) is 2.92. The molecule has 0 saturated heterocycles. The van der Waals surface area contributed by atoms with E-state index in [1.54, 1.807) is 36.4 Å². The second-order valence-corrected chi connectivity index (χ2v) is 8.13. The summed E-state index contributed by atoms with van der Waals surface area (Å²) in [6.45, 7) is 0. The lowest BCUT2D eigenvalue weighted by atomic mass is 9.98. The summed E-state index contributed by atoms with van der Waals surface area (Å²) < 4.78 is 11.6. The molecule has 4 heteroatoms. The Kier molecular flexibility index (Phi) is 6.13. The summed E-state index contributed by atoms with van der Waals surface area (Å²) in [6.07, 6.45) is 2.40. The molecule has 0 fully saturated rings. The van der Waals surface area contributed by atoms with E-state index in [9.17, 15) is 9.90 Å². The van der Waals surface area contributed by atoms with Crippen molar-refractivity contribution in [3.63, 3.8) is 0 Å². The predicted molar refractivity (Wildman–Crippen MR) is 134 cm³/mol. The van der Waals surface area contributed by atoms with Crippen molar-refractivity contribution in [3.05, 3.63) is 131 Å². The maximum Gasteiger partial charge on any atom is 0.235 e. The Balaban J connectivity index is 0.000000142. The number of fused-ring (bicyclic) bond motifs is 2. The van der Waals surface area contributed by atoms with E-state index in [2.05, 4.69) is 42.5 Å². The van der Waals surface area contributed by atoms with Crippen LogP contribution in [0.4, 0.5) is 0 Å². The van der Waals surface area contributed by atoms with Crippen LogP contribution in [0.3, 0.4) is 0 Å². The highest BCUT2D eigenvalue weighted by Gasteiger charge is 2.20. The van der Waals surface area contributed by atoms with Crippen LogP contribution >= 0.6 is 0 Å². The van der Waals surface area contributed by atoms with Crippen molar-refractivity contribution in [3.8, 4) is 22.8 Å². The summed E-state index contributed by atoms with van der Waals surface area (Å²) in [5, 5.41) is 10.3. The van der Waals surface area contributed by atoms with E-state index in [0.717, 1.165) is 18.6 Å². The quantitative estimate of drug-likeness (QED) is 0.318. The van der Waals surface area contributed by atoms with E-state index >= 15 is 0 Å². The smallest absolute Gasteiger partial charge is 0.235 e. The minimum atomic E-state index is -0.407. The molecule has 4 nitrogen and oxygen atoms in total. The fourth-order valence-electron chi connectivity index (χ4n) is 4.14. The van der Waals surface area contributed by atoms with Crippen LogP contribution in [0.25, 0.3) is 22.3 Å². The maximum atomic E-state index is 12.0. The largest absolute Gasteiger partial charge is 0.502 e. The van der Waals surface area contributed by atoms with Gasteiger partial charge in [0.2, 0.25) is 11.2 Å². The molecule has 0 bridgehead atoms. The van der Waals surface area contributed by atoms with Crippen molar-refractivity contribution in [1.29, 1.82) is 0 Å². The van der Waals surface area contributed by atoms with Crippen LogP contribution in [0.2, 0.25) is 0 Å². The SMILES string of the molecule is O=c1c(O)c(-c2ccccc2)oc2ccccc12.c1ccc(C2CCc3ccccc3O2)cc1. The molecule has 0 spiro atoms. The molecule has 1 aromatic heterocycles. The molecule has 0 radical (unpaired) electrons. The highest BCUT2D eigenvalue weighted by atomic mass is 16.5. The molecule has 0 saturated carbocycles. The van der Waals surface area contributed by atoms with Crippen LogP contribution in [0.5, 0.6) is 11.5 Å². The Morgan fingerprint density at radius 2 is 1.38 bits per heavy atom. The van der Waals surface area contributed by atoms with E-state index < -0.39 is 5.43 Å². The van der Waals surface area contributed by atoms with E-state index in [1.165, 1.54) is 11.1 Å². The zero-order valence-electron chi connectivity index (χ0n) is 18.6. The van der Waals surface area contributed by atoms with Gasteiger partial charge >= 0.3 is 0 Å². The van der Waals surface area contributed by atoms with Crippen LogP contribution in [0, 0.1) is 0 Å². The minimum absolute atomic E-state index is 0.208. The Labute approximate surface area is 197 Å². The number of para-hydroxylation sites is 2. The summed E-state index contributed by atoms with van der Waals surface area (Å²) in [5.41, 5.74) is 3.35. The minimum Gasteiger partial charge on any atom is -0.502 e. The number of hydrogen-bond acceptors (Lipinski definition) is 4. The summed E-state index contributed by atoms with van der Waals surface area (Å²) in [5.74, 6) is 0.904. The van der Waals surface area contributed by atoms with Gasteiger partial charge in [0, 0.05) is 5.56 Å². The first-order valence-corrected chi connectivity index (χ1v) is 11.3. The van der Waals surface area contributed by atoms with Crippen molar-refractivity contribution in [2.75, 3.05) is 0 Å². The third kappa shape index (κ3) is 4.44. The van der Waals surface area contributed by atoms with Gasteiger partial charge < -0.3 is 14.3 Å². The predicted octanol–water partition coefficient (Wildman–Crippen LogP) is 6.92. The van der Waals surface area contributed by atoms with Crippen molar-refractivity contribution in [2.45, 2.75) is 18.9 Å². The first kappa shape index (κ1) is 21.5. The summed E-state index contributed by atoms with van der Waals surface area (Å²) in [4.78, 5) is 12.0. The molecule has 5 aromatic rings. The molecule has 168 valence electrons. The van der Waals surface area contributed by atoms with Gasteiger partial charge in [-0.15, -0.1) is 0 Å². The lowest BCUT2D eigenvalue weighted by Crippen LogP contribution is -2.14. The third-order valence-electron chi connectivity index (χ3n) is 5.90. The molecule has 34 heavy (non-hydrogen) atoms. The number of aromatic hydroxyl groups is 1. The number of ether oxygens (including phenoxy) is 1. The zero-order valence-corrected chi connectivity index (χ0v) is 18.6. The third-order valence-corrected chi connectivity index (χ3v) is 5.90. The van der Waals surface area contributed by atoms with Crippen molar-refractivity contribution in [1.82, 2.24) is 0 Å². The molecule has 0 aliphatic carbocycles. The molecular weight excluding hydrogens is 424 g/mol. The Hall–Kier alpha value is -4.31. The number of hydrogen-bond donors (Lipinski definition) is 1. The highest BCUT2D eigenvalue weighted by Crippen LogP contribution is 2.34. The lowest BCUT2D eigenvalue weighted by Gasteiger charge is -2.26. The molecule has 1 aliphatic heterocycles. The fourth-order valence-corrected chi connectivity index (χ4v) is 4.14. The molecular formula is C30H24O4. The van der Waals surface area contributed by atoms with E-state index in [-0.39, 0.29) is 17.6 Å². The van der Waals surface area contributed by atoms with Gasteiger partial charge in [-0.3, -0.25) is 4.79 Å². The van der Waals surface area contributed by atoms with E-state index in [0.29, 0.717) is 16.5 Å². The highest BCUT2D eigenvalue weighted by molar-refractivity contribution is 5.81. The first-order chi connectivity index (χ1) is 16.7. The van der Waals surface area contributed by atoms with Crippen LogP contribution in [-0.2, 0) is 6.42 Å². The monoisotopic (exact) mass is 448 g/mol. The summed E-state index contributed by atoms with van der Waals surface area (Å²) in [6, 6.07) is 34.7. The van der Waals surface area contributed by atoms with Crippen LogP contribution in [-0.4, -0.2) is 5.11 Å². The Morgan fingerprint density at radius 1 is 0.735 bits per heavy atom. The lowest BCUT2D eigenvalue weighted by molar-refractivity contribution is 0.176. The zero-order chi connectivity index (χ0) is 23.3. The van der Waals surface area contributed by atoms with Crippen molar-refractivity contribution >= 4 is 11.0 Å². The maximum absolute atomic E-state index is 12.0. The molecule has 1 N–H and O–H groups in total. The second-order valence-electron chi connectivity index (χ2n) is 8.13. The molecule has 1 unspecified atom stereocenters. The first-order valence-electron chi connectivity index (χ1n) is 11.3. The number of benzene rings is 4. The molecule has 4 aromatic carbocycles. The topological polar surface area (TPSA) is 59.7 Å². The van der Waals surface area contributed by atoms with Crippen LogP contribution < -0.4 is 10.2 Å². The van der Waals surface area contributed by atoms with Crippen molar-refractivity contribution in [2.24, 2.45) is 0 Å². The van der Waals surface area contributed by atoms with Gasteiger partial charge in [0.15, 0.2) is 5.76 Å². The van der Waals surface area contributed by atoms with Gasteiger partial charge in [0.25, 0.3) is 0 Å². The normalized spacial score (nSPS) is 14.4. The molecule has 1 aliphatic rings. The molecule has 0 amide bonds. The van der Waals surface area contributed by atoms with Gasteiger partial charge in [-0.05, 0) is 42.2 Å². The Morgan fingerprint density at radius 3 is 2.18 bits per heavy atom. The standard InChI is InChI=1S/C15H10O3.C15H14O/c16-13-11-8-4-5-9-12(11)18-15(14(13)17)10-6-2-1-3-7-10;1-2-6-12(7-3-1)15-11-10-13-8-4-5-9-14(13)16-15/h1-9,17H;1-9,15H,10-11H2. The van der Waals surface area contributed by atoms with Crippen LogP contribution in [0.1, 0.15) is 23.7 Å². The Bertz CT molecular complexity index is 1460. The van der Waals surface area contributed by atoms with Gasteiger partial charge in [-0.2, -0.15) is 0 Å². The van der Waals surface area contributed by atoms with E-state index in [4.69, 9.17) is 9.15 Å². The average molecular weight is 449 g/mol. The summed E-state index contributed by atoms with van der Waals surface area (Å²) in [7, 11) is 0. The van der Waals surface area contributed by atoms with Crippen LogP contribution in [0.15, 0.2) is 118 Å². The number of rotatable bonds is 2. The van der Waals surface area contributed by atoms with E-state index in [1.807, 2.05) is 30.3 Å². The summed E-state index contributed by atoms with van der Waals surface area (Å²) >= 11 is 0. The number of aryl methyl sites for hydroxylation is 1. The molecule has 1 atom stereocenters. The van der Waals surface area contributed by atoms with Gasteiger partial charge in [-0.1, -0.05) is 91.0 Å². The molecule has 6 rings (SSSR count).